The van der Waals surface area contributed by atoms with Crippen molar-refractivity contribution in [3.8, 4) is 0 Å². The molecule has 1 aromatic rings. The first-order chi connectivity index (χ1) is 13.0. The Labute approximate surface area is 166 Å². The van der Waals surface area contributed by atoms with Crippen molar-refractivity contribution in [2.45, 2.75) is 91.1 Å². The molecule has 0 spiro atoms. The lowest BCUT2D eigenvalue weighted by atomic mass is 9.98. The summed E-state index contributed by atoms with van der Waals surface area (Å²) in [4.78, 5) is 2.74. The van der Waals surface area contributed by atoms with E-state index < -0.39 is 0 Å². The summed E-state index contributed by atoms with van der Waals surface area (Å²) in [6.45, 7) is 11.6. The van der Waals surface area contributed by atoms with E-state index in [-0.39, 0.29) is 0 Å². The van der Waals surface area contributed by atoms with Crippen LogP contribution in [0.4, 0.5) is 0 Å². The molecule has 2 fully saturated rings. The van der Waals surface area contributed by atoms with E-state index in [0.717, 1.165) is 30.5 Å². The highest BCUT2D eigenvalue weighted by atomic mass is 15.3. The lowest BCUT2D eigenvalue weighted by molar-refractivity contribution is 0.163. The van der Waals surface area contributed by atoms with Crippen LogP contribution in [0.1, 0.15) is 90.8 Å². The number of likely N-dealkylation sites (tertiary alicyclic amines) is 1. The molecule has 3 aliphatic rings. The van der Waals surface area contributed by atoms with E-state index in [9.17, 15) is 0 Å². The smallest absolute Gasteiger partial charge is 0.0883 e. The third kappa shape index (κ3) is 5.81. The van der Waals surface area contributed by atoms with Crippen LogP contribution < -0.4 is 0 Å². The molecule has 2 aliphatic carbocycles. The van der Waals surface area contributed by atoms with E-state index in [4.69, 9.17) is 0 Å². The third-order valence-electron chi connectivity index (χ3n) is 6.32. The second-order valence-electron chi connectivity index (χ2n) is 9.10. The fourth-order valence-electron chi connectivity index (χ4n) is 4.65. The normalized spacial score (nSPS) is 26.4. The van der Waals surface area contributed by atoms with Gasteiger partial charge in [-0.1, -0.05) is 31.1 Å². The summed E-state index contributed by atoms with van der Waals surface area (Å²) in [5.41, 5.74) is 3.86. The summed E-state index contributed by atoms with van der Waals surface area (Å²) in [6, 6.07) is 3.52. The molecule has 4 rings (SSSR count). The van der Waals surface area contributed by atoms with Crippen molar-refractivity contribution in [2.24, 2.45) is 5.92 Å². The Morgan fingerprint density at radius 1 is 1.11 bits per heavy atom. The van der Waals surface area contributed by atoms with Gasteiger partial charge in [0.2, 0.25) is 0 Å². The SMILES string of the molecule is CC1=CCCC(c2ccn(C(C)C)n2)=C1.CC1CCC(N2CCCCC2)C1. The van der Waals surface area contributed by atoms with Crippen LogP contribution >= 0.6 is 0 Å². The van der Waals surface area contributed by atoms with Gasteiger partial charge in [-0.2, -0.15) is 5.10 Å². The Morgan fingerprint density at radius 2 is 1.89 bits per heavy atom. The topological polar surface area (TPSA) is 21.1 Å². The van der Waals surface area contributed by atoms with Crippen molar-refractivity contribution in [3.63, 3.8) is 0 Å². The number of aromatic nitrogens is 2. The molecule has 2 heterocycles. The van der Waals surface area contributed by atoms with Gasteiger partial charge in [0.1, 0.15) is 0 Å². The Bertz CT molecular complexity index is 644. The maximum absolute atomic E-state index is 4.59. The Kier molecular flexibility index (Phi) is 7.34. The van der Waals surface area contributed by atoms with Crippen molar-refractivity contribution in [3.05, 3.63) is 35.7 Å². The molecule has 1 aromatic heterocycles. The second kappa shape index (κ2) is 9.73. The number of hydrogen-bond acceptors (Lipinski definition) is 2. The summed E-state index contributed by atoms with van der Waals surface area (Å²) >= 11 is 0. The summed E-state index contributed by atoms with van der Waals surface area (Å²) in [6.07, 6.45) is 17.6. The predicted octanol–water partition coefficient (Wildman–Crippen LogP) is 6.25. The lowest BCUT2D eigenvalue weighted by Gasteiger charge is -2.32. The van der Waals surface area contributed by atoms with Crippen LogP contribution in [-0.2, 0) is 0 Å². The van der Waals surface area contributed by atoms with Gasteiger partial charge >= 0.3 is 0 Å². The Morgan fingerprint density at radius 3 is 2.48 bits per heavy atom. The summed E-state index contributed by atoms with van der Waals surface area (Å²) < 4.78 is 2.02. The fraction of sp³-hybridized carbons (Fsp3) is 0.708. The lowest BCUT2D eigenvalue weighted by Crippen LogP contribution is -2.37. The van der Waals surface area contributed by atoms with E-state index >= 15 is 0 Å². The first-order valence-corrected chi connectivity index (χ1v) is 11.2. The highest BCUT2D eigenvalue weighted by molar-refractivity contribution is 5.66. The molecule has 150 valence electrons. The zero-order valence-corrected chi connectivity index (χ0v) is 18.0. The minimum atomic E-state index is 0.444. The maximum Gasteiger partial charge on any atom is 0.0883 e. The molecular weight excluding hydrogens is 330 g/mol. The second-order valence-corrected chi connectivity index (χ2v) is 9.10. The van der Waals surface area contributed by atoms with Crippen LogP contribution in [-0.4, -0.2) is 33.8 Å². The van der Waals surface area contributed by atoms with Crippen molar-refractivity contribution in [1.82, 2.24) is 14.7 Å². The zero-order chi connectivity index (χ0) is 19.2. The van der Waals surface area contributed by atoms with E-state index in [1.165, 1.54) is 62.8 Å². The molecule has 27 heavy (non-hydrogen) atoms. The van der Waals surface area contributed by atoms with Crippen molar-refractivity contribution in [2.75, 3.05) is 13.1 Å². The van der Waals surface area contributed by atoms with Gasteiger partial charge in [0.05, 0.1) is 5.69 Å². The van der Waals surface area contributed by atoms with Gasteiger partial charge in [-0.25, -0.2) is 0 Å². The highest BCUT2D eigenvalue weighted by Gasteiger charge is 2.27. The third-order valence-corrected chi connectivity index (χ3v) is 6.32. The zero-order valence-electron chi connectivity index (χ0n) is 18.0. The number of rotatable bonds is 3. The Hall–Kier alpha value is -1.35. The average Bonchev–Trinajstić information content (AvgIpc) is 3.32. The van der Waals surface area contributed by atoms with Gasteiger partial charge in [-0.3, -0.25) is 4.68 Å². The molecule has 1 saturated carbocycles. The quantitative estimate of drug-likeness (QED) is 0.628. The largest absolute Gasteiger partial charge is 0.300 e. The summed E-state index contributed by atoms with van der Waals surface area (Å²) in [5.74, 6) is 0.997. The molecule has 0 bridgehead atoms. The predicted molar refractivity (Wildman–Crippen MR) is 116 cm³/mol. The van der Waals surface area contributed by atoms with Crippen molar-refractivity contribution >= 4 is 5.57 Å². The molecule has 3 heteroatoms. The molecule has 1 saturated heterocycles. The van der Waals surface area contributed by atoms with Crippen LogP contribution in [0.2, 0.25) is 0 Å². The summed E-state index contributed by atoms with van der Waals surface area (Å²) in [7, 11) is 0. The van der Waals surface area contributed by atoms with E-state index in [1.54, 1.807) is 0 Å². The molecule has 1 aliphatic heterocycles. The monoisotopic (exact) mass is 369 g/mol. The van der Waals surface area contributed by atoms with Gasteiger partial charge in [0.15, 0.2) is 0 Å². The molecule has 3 nitrogen and oxygen atoms in total. The first kappa shape index (κ1) is 20.4. The van der Waals surface area contributed by atoms with E-state index in [1.807, 2.05) is 4.68 Å². The fourth-order valence-corrected chi connectivity index (χ4v) is 4.65. The number of hydrogen-bond donors (Lipinski definition) is 0. The molecule has 2 atom stereocenters. The number of piperidine rings is 1. The van der Waals surface area contributed by atoms with Gasteiger partial charge in [-0.15, -0.1) is 0 Å². The van der Waals surface area contributed by atoms with Crippen LogP contribution in [0.15, 0.2) is 30.0 Å². The van der Waals surface area contributed by atoms with Gasteiger partial charge in [0.25, 0.3) is 0 Å². The van der Waals surface area contributed by atoms with Crippen molar-refractivity contribution < 1.29 is 0 Å². The average molecular weight is 370 g/mol. The van der Waals surface area contributed by atoms with Gasteiger partial charge < -0.3 is 4.90 Å². The van der Waals surface area contributed by atoms with Crippen molar-refractivity contribution in [1.29, 1.82) is 0 Å². The molecule has 0 radical (unpaired) electrons. The van der Waals surface area contributed by atoms with Gasteiger partial charge in [0, 0.05) is 18.3 Å². The van der Waals surface area contributed by atoms with Crippen LogP contribution in [0, 0.1) is 5.92 Å². The molecule has 0 amide bonds. The first-order valence-electron chi connectivity index (χ1n) is 11.2. The van der Waals surface area contributed by atoms with Gasteiger partial charge in [-0.05, 0) is 96.4 Å². The van der Waals surface area contributed by atoms with E-state index in [2.05, 4.69) is 62.1 Å². The number of allylic oxidation sites excluding steroid dienone is 4. The minimum absolute atomic E-state index is 0.444. The minimum Gasteiger partial charge on any atom is -0.300 e. The number of nitrogens with zero attached hydrogens (tertiary/aromatic N) is 3. The molecule has 2 unspecified atom stereocenters. The van der Waals surface area contributed by atoms with E-state index in [0.29, 0.717) is 6.04 Å². The highest BCUT2D eigenvalue weighted by Crippen LogP contribution is 2.30. The standard InChI is InChI=1S/C13H18N2.C11H21N/c1-10(2)15-8-7-13(14-15)12-6-4-5-11(3)9-12;1-10-5-6-11(9-10)12-7-3-2-4-8-12/h5,7-10H,4,6H2,1-3H3;10-11H,2-9H2,1H3. The van der Waals surface area contributed by atoms with Crippen LogP contribution in [0.3, 0.4) is 0 Å². The molecule has 0 N–H and O–H groups in total. The van der Waals surface area contributed by atoms with Crippen LogP contribution in [0.25, 0.3) is 5.57 Å². The molecular formula is C24H39N3. The maximum atomic E-state index is 4.59. The van der Waals surface area contributed by atoms with Crippen LogP contribution in [0.5, 0.6) is 0 Å². The summed E-state index contributed by atoms with van der Waals surface area (Å²) in [5, 5.41) is 4.59. The Balaban J connectivity index is 0.000000159. The molecule has 0 aromatic carbocycles.